The average molecular weight is 529 g/mol. The van der Waals surface area contributed by atoms with Crippen LogP contribution in [0.5, 0.6) is 0 Å². The number of amides is 1. The number of rotatable bonds is 8. The summed E-state index contributed by atoms with van der Waals surface area (Å²) in [7, 11) is 0. The van der Waals surface area contributed by atoms with E-state index < -0.39 is 0 Å². The molecule has 1 amide bonds. The molecule has 0 aliphatic carbocycles. The smallest absolute Gasteiger partial charge is 0.227 e. The summed E-state index contributed by atoms with van der Waals surface area (Å²) in [5.41, 5.74) is 5.74. The molecule has 200 valence electrons. The van der Waals surface area contributed by atoms with Gasteiger partial charge in [0.25, 0.3) is 0 Å². The molecule has 6 nitrogen and oxygen atoms in total. The Balaban J connectivity index is 1.04. The summed E-state index contributed by atoms with van der Waals surface area (Å²) >= 11 is 0. The third-order valence-corrected chi connectivity index (χ3v) is 7.53. The highest BCUT2D eigenvalue weighted by Crippen LogP contribution is 2.29. The van der Waals surface area contributed by atoms with E-state index in [0.717, 1.165) is 29.8 Å². The number of aromatic nitrogens is 2. The van der Waals surface area contributed by atoms with Gasteiger partial charge >= 0.3 is 0 Å². The van der Waals surface area contributed by atoms with Gasteiger partial charge in [-0.1, -0.05) is 120 Å². The Morgan fingerprint density at radius 2 is 1.20 bits per heavy atom. The van der Waals surface area contributed by atoms with Gasteiger partial charge in [-0.15, -0.1) is 0 Å². The zero-order valence-corrected chi connectivity index (χ0v) is 22.4. The van der Waals surface area contributed by atoms with Crippen LogP contribution in [-0.4, -0.2) is 52.0 Å². The van der Waals surface area contributed by atoms with E-state index in [0.29, 0.717) is 37.6 Å². The van der Waals surface area contributed by atoms with Crippen molar-refractivity contribution in [1.29, 1.82) is 0 Å². The van der Waals surface area contributed by atoms with Gasteiger partial charge in [-0.25, -0.2) is 0 Å². The minimum atomic E-state index is 0.127. The summed E-state index contributed by atoms with van der Waals surface area (Å²) in [4.78, 5) is 22.0. The molecular weight excluding hydrogens is 496 g/mol. The Bertz CT molecular complexity index is 1470. The van der Waals surface area contributed by atoms with Gasteiger partial charge in [-0.2, -0.15) is 4.98 Å². The molecule has 1 fully saturated rings. The number of carbonyl (C=O) groups excluding carboxylic acids is 1. The summed E-state index contributed by atoms with van der Waals surface area (Å²) in [6.45, 7) is 3.06. The molecule has 0 unspecified atom stereocenters. The highest BCUT2D eigenvalue weighted by molar-refractivity contribution is 5.76. The monoisotopic (exact) mass is 528 g/mol. The Labute approximate surface area is 234 Å². The number of aryl methyl sites for hydroxylation is 1. The van der Waals surface area contributed by atoms with Crippen molar-refractivity contribution in [3.05, 3.63) is 132 Å². The maximum atomic E-state index is 13.1. The van der Waals surface area contributed by atoms with Crippen LogP contribution in [0, 0.1) is 0 Å². The van der Waals surface area contributed by atoms with Crippen LogP contribution in [0.2, 0.25) is 0 Å². The maximum absolute atomic E-state index is 13.1. The summed E-state index contributed by atoms with van der Waals surface area (Å²) in [5.74, 6) is 1.16. The zero-order chi connectivity index (χ0) is 27.1. The molecule has 1 aliphatic heterocycles. The SMILES string of the molecule is O=C(CCc1nc(-c2ccc(-c3ccccc3)cc2)no1)N1CCN(C(c2ccccc2)c2ccccc2)CC1. The van der Waals surface area contributed by atoms with Crippen molar-refractivity contribution in [1.82, 2.24) is 19.9 Å². The molecule has 0 spiro atoms. The van der Waals surface area contributed by atoms with Crippen molar-refractivity contribution in [3.8, 4) is 22.5 Å². The third kappa shape index (κ3) is 5.87. The number of carbonyl (C=O) groups is 1. The van der Waals surface area contributed by atoms with Gasteiger partial charge in [-0.05, 0) is 22.3 Å². The normalized spacial score (nSPS) is 14.0. The number of hydrogen-bond acceptors (Lipinski definition) is 5. The van der Waals surface area contributed by atoms with E-state index in [1.54, 1.807) is 0 Å². The molecule has 6 rings (SSSR count). The van der Waals surface area contributed by atoms with E-state index in [-0.39, 0.29) is 11.9 Å². The summed E-state index contributed by atoms with van der Waals surface area (Å²) in [5, 5.41) is 4.15. The lowest BCUT2D eigenvalue weighted by atomic mass is 9.96. The van der Waals surface area contributed by atoms with Gasteiger partial charge < -0.3 is 9.42 Å². The molecule has 0 atom stereocenters. The van der Waals surface area contributed by atoms with Crippen molar-refractivity contribution < 1.29 is 9.32 Å². The number of nitrogens with zero attached hydrogens (tertiary/aromatic N) is 4. The minimum Gasteiger partial charge on any atom is -0.340 e. The van der Waals surface area contributed by atoms with Gasteiger partial charge in [-0.3, -0.25) is 9.69 Å². The van der Waals surface area contributed by atoms with Gasteiger partial charge in [0.05, 0.1) is 6.04 Å². The van der Waals surface area contributed by atoms with E-state index in [9.17, 15) is 4.79 Å². The lowest BCUT2D eigenvalue weighted by Gasteiger charge is -2.39. The second kappa shape index (κ2) is 12.1. The van der Waals surface area contributed by atoms with Crippen LogP contribution in [0.4, 0.5) is 0 Å². The largest absolute Gasteiger partial charge is 0.340 e. The summed E-state index contributed by atoms with van der Waals surface area (Å²) in [6, 6.07) is 39.8. The topological polar surface area (TPSA) is 62.5 Å². The Morgan fingerprint density at radius 1 is 0.675 bits per heavy atom. The van der Waals surface area contributed by atoms with Gasteiger partial charge in [0.15, 0.2) is 0 Å². The molecule has 0 bridgehead atoms. The van der Waals surface area contributed by atoms with Crippen LogP contribution in [-0.2, 0) is 11.2 Å². The van der Waals surface area contributed by atoms with Crippen molar-refractivity contribution >= 4 is 5.91 Å². The molecule has 1 aromatic heterocycles. The molecule has 0 N–H and O–H groups in total. The lowest BCUT2D eigenvalue weighted by Crippen LogP contribution is -2.49. The first-order chi connectivity index (χ1) is 19.7. The Hall–Kier alpha value is -4.55. The first kappa shape index (κ1) is 25.7. The van der Waals surface area contributed by atoms with Crippen molar-refractivity contribution in [2.45, 2.75) is 18.9 Å². The van der Waals surface area contributed by atoms with Crippen LogP contribution < -0.4 is 0 Å². The van der Waals surface area contributed by atoms with Crippen LogP contribution in [0.25, 0.3) is 22.5 Å². The molecule has 1 aliphatic rings. The van der Waals surface area contributed by atoms with E-state index in [2.05, 4.69) is 100.0 Å². The van der Waals surface area contributed by atoms with Crippen LogP contribution in [0.1, 0.15) is 29.5 Å². The molecular formula is C34H32N4O2. The summed E-state index contributed by atoms with van der Waals surface area (Å²) < 4.78 is 5.48. The highest BCUT2D eigenvalue weighted by atomic mass is 16.5. The van der Waals surface area contributed by atoms with E-state index >= 15 is 0 Å². The maximum Gasteiger partial charge on any atom is 0.227 e. The summed E-state index contributed by atoms with van der Waals surface area (Å²) in [6.07, 6.45) is 0.792. The predicted molar refractivity (Wildman–Crippen MR) is 156 cm³/mol. The molecule has 1 saturated heterocycles. The van der Waals surface area contributed by atoms with Crippen LogP contribution in [0.15, 0.2) is 120 Å². The molecule has 6 heteroatoms. The number of benzene rings is 4. The highest BCUT2D eigenvalue weighted by Gasteiger charge is 2.28. The Kier molecular flexibility index (Phi) is 7.78. The Morgan fingerprint density at radius 3 is 1.80 bits per heavy atom. The van der Waals surface area contributed by atoms with Crippen molar-refractivity contribution in [2.75, 3.05) is 26.2 Å². The minimum absolute atomic E-state index is 0.127. The predicted octanol–water partition coefficient (Wildman–Crippen LogP) is 6.27. The molecule has 0 saturated carbocycles. The first-order valence-electron chi connectivity index (χ1n) is 13.8. The number of hydrogen-bond donors (Lipinski definition) is 0. The van der Waals surface area contributed by atoms with Crippen LogP contribution >= 0.6 is 0 Å². The fraction of sp³-hybridized carbons (Fsp3) is 0.206. The second-order valence-electron chi connectivity index (χ2n) is 10.1. The average Bonchev–Trinajstić information content (AvgIpc) is 3.51. The molecule has 0 radical (unpaired) electrons. The van der Waals surface area contributed by atoms with E-state index in [1.165, 1.54) is 11.1 Å². The van der Waals surface area contributed by atoms with Crippen molar-refractivity contribution in [3.63, 3.8) is 0 Å². The molecule has 5 aromatic rings. The fourth-order valence-electron chi connectivity index (χ4n) is 5.40. The second-order valence-corrected chi connectivity index (χ2v) is 10.1. The van der Waals surface area contributed by atoms with Crippen LogP contribution in [0.3, 0.4) is 0 Å². The standard InChI is InChI=1S/C34H32N4O2/c39-32(21-20-31-35-34(36-40-31)30-18-16-27(17-19-30)26-10-4-1-5-11-26)37-22-24-38(25-23-37)33(28-12-6-2-7-13-28)29-14-8-3-9-15-29/h1-19,33H,20-25H2. The van der Waals surface area contributed by atoms with Gasteiger partial charge in [0, 0.05) is 44.6 Å². The van der Waals surface area contributed by atoms with Gasteiger partial charge in [0.1, 0.15) is 0 Å². The van der Waals surface area contributed by atoms with E-state index in [4.69, 9.17) is 4.52 Å². The fourth-order valence-corrected chi connectivity index (χ4v) is 5.40. The quantitative estimate of drug-likeness (QED) is 0.238. The zero-order valence-electron chi connectivity index (χ0n) is 22.4. The lowest BCUT2D eigenvalue weighted by molar-refractivity contribution is -0.133. The molecule has 4 aromatic carbocycles. The number of piperazine rings is 1. The molecule has 2 heterocycles. The van der Waals surface area contributed by atoms with Crippen molar-refractivity contribution in [2.24, 2.45) is 0 Å². The first-order valence-corrected chi connectivity index (χ1v) is 13.8. The van der Waals surface area contributed by atoms with E-state index in [1.807, 2.05) is 35.2 Å². The third-order valence-electron chi connectivity index (χ3n) is 7.53. The molecule has 40 heavy (non-hydrogen) atoms. The van der Waals surface area contributed by atoms with Gasteiger partial charge in [0.2, 0.25) is 17.6 Å².